The number of nitrogens with one attached hydrogen (secondary N) is 1. The van der Waals surface area contributed by atoms with Gasteiger partial charge in [-0.05, 0) is 18.2 Å². The van der Waals surface area contributed by atoms with Crippen LogP contribution in [0.4, 0.5) is 5.13 Å². The molecular formula is C18H24N6O2S. The number of hydrogen-bond donors (Lipinski definition) is 2. The van der Waals surface area contributed by atoms with Gasteiger partial charge in [0.05, 0.1) is 13.7 Å². The van der Waals surface area contributed by atoms with Crippen molar-refractivity contribution in [3.05, 3.63) is 41.4 Å². The number of guanidine groups is 1. The Morgan fingerprint density at radius 3 is 2.89 bits per heavy atom. The van der Waals surface area contributed by atoms with Crippen LogP contribution < -0.4 is 20.7 Å². The second-order valence-electron chi connectivity index (χ2n) is 6.02. The van der Waals surface area contributed by atoms with Gasteiger partial charge in [0.1, 0.15) is 5.75 Å². The smallest absolute Gasteiger partial charge is 0.251 e. The van der Waals surface area contributed by atoms with Crippen LogP contribution in [-0.4, -0.2) is 68.1 Å². The molecule has 0 saturated carbocycles. The van der Waals surface area contributed by atoms with Crippen molar-refractivity contribution in [1.82, 2.24) is 15.2 Å². The Hall–Kier alpha value is -2.81. The summed E-state index contributed by atoms with van der Waals surface area (Å²) in [7, 11) is 1.57. The van der Waals surface area contributed by atoms with Gasteiger partial charge in [0.25, 0.3) is 5.91 Å². The highest BCUT2D eigenvalue weighted by atomic mass is 32.1. The van der Waals surface area contributed by atoms with Crippen molar-refractivity contribution in [2.45, 2.75) is 0 Å². The first-order valence-electron chi connectivity index (χ1n) is 8.79. The first-order valence-corrected chi connectivity index (χ1v) is 9.67. The fourth-order valence-electron chi connectivity index (χ4n) is 2.81. The van der Waals surface area contributed by atoms with Crippen molar-refractivity contribution in [2.75, 3.05) is 51.3 Å². The molecule has 2 aromatic rings. The average molecular weight is 388 g/mol. The Morgan fingerprint density at radius 2 is 2.19 bits per heavy atom. The molecule has 1 saturated heterocycles. The molecule has 3 N–H and O–H groups in total. The largest absolute Gasteiger partial charge is 0.497 e. The van der Waals surface area contributed by atoms with E-state index in [-0.39, 0.29) is 5.91 Å². The number of carbonyl (C=O) groups excluding carboxylic acids is 1. The predicted octanol–water partition coefficient (Wildman–Crippen LogP) is 1.02. The molecule has 1 aliphatic rings. The second-order valence-corrected chi connectivity index (χ2v) is 6.89. The fourth-order valence-corrected chi connectivity index (χ4v) is 3.50. The summed E-state index contributed by atoms with van der Waals surface area (Å²) in [6.45, 7) is 4.23. The minimum atomic E-state index is -0.153. The van der Waals surface area contributed by atoms with E-state index in [0.717, 1.165) is 31.3 Å². The quantitative estimate of drug-likeness (QED) is 0.436. The van der Waals surface area contributed by atoms with Gasteiger partial charge in [-0.2, -0.15) is 0 Å². The number of methoxy groups -OCH3 is 1. The molecule has 2 heterocycles. The van der Waals surface area contributed by atoms with Gasteiger partial charge in [-0.15, -0.1) is 11.3 Å². The van der Waals surface area contributed by atoms with Gasteiger partial charge in [-0.25, -0.2) is 4.98 Å². The molecule has 0 radical (unpaired) electrons. The third kappa shape index (κ3) is 5.10. The predicted molar refractivity (Wildman–Crippen MR) is 108 cm³/mol. The van der Waals surface area contributed by atoms with Gasteiger partial charge in [-0.3, -0.25) is 9.79 Å². The van der Waals surface area contributed by atoms with Crippen molar-refractivity contribution < 1.29 is 9.53 Å². The summed E-state index contributed by atoms with van der Waals surface area (Å²) in [5.41, 5.74) is 6.65. The van der Waals surface area contributed by atoms with E-state index in [2.05, 4.69) is 25.1 Å². The zero-order valence-corrected chi connectivity index (χ0v) is 16.1. The lowest BCUT2D eigenvalue weighted by atomic mass is 10.2. The molecule has 0 unspecified atom stereocenters. The Kier molecular flexibility index (Phi) is 6.48. The normalized spacial score (nSPS) is 14.9. The number of anilines is 1. The van der Waals surface area contributed by atoms with Crippen molar-refractivity contribution in [3.8, 4) is 5.75 Å². The second kappa shape index (κ2) is 9.22. The summed E-state index contributed by atoms with van der Waals surface area (Å²) in [5.74, 6) is 1.02. The van der Waals surface area contributed by atoms with Gasteiger partial charge in [0, 0.05) is 49.9 Å². The number of nitrogens with two attached hydrogens (primary N) is 1. The summed E-state index contributed by atoms with van der Waals surface area (Å²) < 4.78 is 5.13. The van der Waals surface area contributed by atoms with E-state index < -0.39 is 0 Å². The summed E-state index contributed by atoms with van der Waals surface area (Å²) in [6.07, 6.45) is 1.82. The lowest BCUT2D eigenvalue weighted by molar-refractivity contribution is 0.0954. The highest BCUT2D eigenvalue weighted by Crippen LogP contribution is 2.18. The van der Waals surface area contributed by atoms with E-state index >= 15 is 0 Å². The van der Waals surface area contributed by atoms with E-state index in [1.165, 1.54) is 0 Å². The van der Waals surface area contributed by atoms with E-state index in [1.807, 2.05) is 11.6 Å². The molecule has 9 heteroatoms. The SMILES string of the molecule is COc1cccc(C(=O)NCCN=C(N)N2CCN(c3nccs3)CC2)c1. The third-order valence-electron chi connectivity index (χ3n) is 4.30. The minimum Gasteiger partial charge on any atom is -0.497 e. The number of hydrogen-bond acceptors (Lipinski definition) is 6. The minimum absolute atomic E-state index is 0.153. The Bertz CT molecular complexity index is 772. The van der Waals surface area contributed by atoms with Crippen LogP contribution in [-0.2, 0) is 0 Å². The zero-order chi connectivity index (χ0) is 19.1. The number of benzene rings is 1. The maximum atomic E-state index is 12.1. The third-order valence-corrected chi connectivity index (χ3v) is 5.13. The van der Waals surface area contributed by atoms with Crippen molar-refractivity contribution in [3.63, 3.8) is 0 Å². The van der Waals surface area contributed by atoms with Crippen LogP contribution in [0.2, 0.25) is 0 Å². The highest BCUT2D eigenvalue weighted by molar-refractivity contribution is 7.13. The molecule has 27 heavy (non-hydrogen) atoms. The number of ether oxygens (including phenoxy) is 1. The molecule has 1 aromatic carbocycles. The van der Waals surface area contributed by atoms with Gasteiger partial charge in [0.2, 0.25) is 0 Å². The number of thiazole rings is 1. The number of carbonyl (C=O) groups is 1. The van der Waals surface area contributed by atoms with Crippen LogP contribution in [0.1, 0.15) is 10.4 Å². The van der Waals surface area contributed by atoms with Gasteiger partial charge in [0.15, 0.2) is 11.1 Å². The van der Waals surface area contributed by atoms with Gasteiger partial charge < -0.3 is 25.6 Å². The average Bonchev–Trinajstić information content (AvgIpc) is 3.26. The Labute approximate surface area is 162 Å². The number of nitrogens with zero attached hydrogens (tertiary/aromatic N) is 4. The molecular weight excluding hydrogens is 364 g/mol. The molecule has 144 valence electrons. The molecule has 1 fully saturated rings. The summed E-state index contributed by atoms with van der Waals surface area (Å²) in [4.78, 5) is 25.2. The lowest BCUT2D eigenvalue weighted by Crippen LogP contribution is -2.51. The summed E-state index contributed by atoms with van der Waals surface area (Å²) in [6, 6.07) is 7.04. The molecule has 3 rings (SSSR count). The number of amides is 1. The van der Waals surface area contributed by atoms with Crippen molar-refractivity contribution >= 4 is 28.3 Å². The van der Waals surface area contributed by atoms with Crippen LogP contribution in [0.15, 0.2) is 40.8 Å². The Morgan fingerprint density at radius 1 is 1.37 bits per heavy atom. The lowest BCUT2D eigenvalue weighted by Gasteiger charge is -2.35. The van der Waals surface area contributed by atoms with Crippen molar-refractivity contribution in [1.29, 1.82) is 0 Å². The van der Waals surface area contributed by atoms with E-state index in [9.17, 15) is 4.79 Å². The van der Waals surface area contributed by atoms with Crippen LogP contribution in [0.3, 0.4) is 0 Å². The molecule has 0 aliphatic carbocycles. The van der Waals surface area contributed by atoms with E-state index in [1.54, 1.807) is 42.7 Å². The molecule has 1 amide bonds. The van der Waals surface area contributed by atoms with Crippen LogP contribution >= 0.6 is 11.3 Å². The Balaban J connectivity index is 1.41. The molecule has 1 aromatic heterocycles. The van der Waals surface area contributed by atoms with E-state index in [4.69, 9.17) is 10.5 Å². The van der Waals surface area contributed by atoms with Crippen LogP contribution in [0.25, 0.3) is 0 Å². The first-order chi connectivity index (χ1) is 13.2. The monoisotopic (exact) mass is 388 g/mol. The van der Waals surface area contributed by atoms with Gasteiger partial charge >= 0.3 is 0 Å². The highest BCUT2D eigenvalue weighted by Gasteiger charge is 2.19. The molecule has 0 bridgehead atoms. The van der Waals surface area contributed by atoms with E-state index in [0.29, 0.717) is 30.4 Å². The van der Waals surface area contributed by atoms with Gasteiger partial charge in [-0.1, -0.05) is 6.07 Å². The number of rotatable bonds is 6. The maximum absolute atomic E-state index is 12.1. The first kappa shape index (κ1) is 19.0. The number of piperazine rings is 1. The number of aliphatic imine (C=N–C) groups is 1. The maximum Gasteiger partial charge on any atom is 0.251 e. The van der Waals surface area contributed by atoms with Crippen molar-refractivity contribution in [2.24, 2.45) is 10.7 Å². The number of aromatic nitrogens is 1. The molecule has 8 nitrogen and oxygen atoms in total. The topological polar surface area (TPSA) is 96.1 Å². The molecule has 0 spiro atoms. The van der Waals surface area contributed by atoms with Crippen LogP contribution in [0, 0.1) is 0 Å². The molecule has 1 aliphatic heterocycles. The molecule has 0 atom stereocenters. The van der Waals surface area contributed by atoms with Crippen LogP contribution in [0.5, 0.6) is 5.75 Å². The summed E-state index contributed by atoms with van der Waals surface area (Å²) in [5, 5.41) is 5.87. The standard InChI is InChI=1S/C18H24N6O2S/c1-26-15-4-2-3-14(13-15)16(25)20-5-6-21-17(19)23-8-10-24(11-9-23)18-22-7-12-27-18/h2-4,7,12-13H,5-6,8-11H2,1H3,(H2,19,21)(H,20,25). The summed E-state index contributed by atoms with van der Waals surface area (Å²) >= 11 is 1.65. The zero-order valence-electron chi connectivity index (χ0n) is 15.3. The fraction of sp³-hybridized carbons (Fsp3) is 0.389.